The van der Waals surface area contributed by atoms with E-state index < -0.39 is 0 Å². The maximum atomic E-state index is 12.8. The van der Waals surface area contributed by atoms with Crippen molar-refractivity contribution in [1.29, 1.82) is 0 Å². The van der Waals surface area contributed by atoms with Gasteiger partial charge in [0.05, 0.1) is 5.69 Å². The van der Waals surface area contributed by atoms with Gasteiger partial charge in [-0.2, -0.15) is 5.01 Å². The highest BCUT2D eigenvalue weighted by molar-refractivity contribution is 6.31. The number of amides is 1. The minimum atomic E-state index is -0.377. The molecule has 0 saturated carbocycles. The Balaban J connectivity index is 1.58. The molecular formula is C23H16N2O4. The Kier molecular flexibility index (Phi) is 5.16. The largest absolute Gasteiger partial charge is 0.457 e. The highest BCUT2D eigenvalue weighted by Gasteiger charge is 2.32. The van der Waals surface area contributed by atoms with Crippen molar-refractivity contribution in [2.45, 2.75) is 0 Å². The molecule has 0 atom stereocenters. The molecule has 1 amide bonds. The van der Waals surface area contributed by atoms with Crippen LogP contribution in [0.5, 0.6) is 11.5 Å². The third-order valence-corrected chi connectivity index (χ3v) is 4.17. The van der Waals surface area contributed by atoms with Crippen molar-refractivity contribution in [1.82, 2.24) is 0 Å². The zero-order valence-corrected chi connectivity index (χ0v) is 15.3. The summed E-state index contributed by atoms with van der Waals surface area (Å²) in [5.41, 5.74) is 1.52. The zero-order chi connectivity index (χ0) is 20.1. The van der Waals surface area contributed by atoms with Crippen LogP contribution in [0, 0.1) is 0 Å². The van der Waals surface area contributed by atoms with Crippen molar-refractivity contribution in [3.05, 3.63) is 96.1 Å². The minimum absolute atomic E-state index is 0.0431. The Labute approximate surface area is 167 Å². The van der Waals surface area contributed by atoms with Gasteiger partial charge in [0.15, 0.2) is 0 Å². The van der Waals surface area contributed by atoms with Crippen LogP contribution in [-0.4, -0.2) is 18.3 Å². The SMILES string of the molecule is O=COC1=NN(c2ccccc2)C(=O)C1=Cc1ccc(Oc2ccccc2)cc1. The lowest BCUT2D eigenvalue weighted by molar-refractivity contribution is -0.121. The molecule has 0 N–H and O–H groups in total. The average molecular weight is 384 g/mol. The van der Waals surface area contributed by atoms with Gasteiger partial charge in [-0.05, 0) is 48.0 Å². The Bertz CT molecular complexity index is 1070. The number of hydrazone groups is 1. The van der Waals surface area contributed by atoms with Gasteiger partial charge in [-0.15, -0.1) is 5.10 Å². The smallest absolute Gasteiger partial charge is 0.299 e. The van der Waals surface area contributed by atoms with E-state index in [0.717, 1.165) is 11.3 Å². The third-order valence-electron chi connectivity index (χ3n) is 4.17. The molecule has 1 aliphatic heterocycles. The molecule has 0 spiro atoms. The van der Waals surface area contributed by atoms with E-state index in [9.17, 15) is 9.59 Å². The molecule has 3 aromatic rings. The predicted octanol–water partition coefficient (Wildman–Crippen LogP) is 4.40. The van der Waals surface area contributed by atoms with Crippen LogP contribution in [0.25, 0.3) is 6.08 Å². The van der Waals surface area contributed by atoms with Gasteiger partial charge < -0.3 is 9.47 Å². The number of hydrogen-bond acceptors (Lipinski definition) is 5. The van der Waals surface area contributed by atoms with Crippen molar-refractivity contribution in [3.8, 4) is 11.5 Å². The Hall–Kier alpha value is -4.19. The molecule has 1 aliphatic rings. The second kappa shape index (κ2) is 8.22. The molecule has 1 heterocycles. The fraction of sp³-hybridized carbons (Fsp3) is 0. The second-order valence-corrected chi connectivity index (χ2v) is 6.11. The molecule has 0 radical (unpaired) electrons. The fourth-order valence-electron chi connectivity index (χ4n) is 2.82. The zero-order valence-electron chi connectivity index (χ0n) is 15.3. The summed E-state index contributed by atoms with van der Waals surface area (Å²) in [5.74, 6) is 0.980. The molecule has 0 aromatic heterocycles. The van der Waals surface area contributed by atoms with Crippen LogP contribution in [0.1, 0.15) is 5.56 Å². The van der Waals surface area contributed by atoms with Crippen LogP contribution >= 0.6 is 0 Å². The van der Waals surface area contributed by atoms with Gasteiger partial charge in [-0.3, -0.25) is 9.59 Å². The Morgan fingerprint density at radius 3 is 2.07 bits per heavy atom. The number of anilines is 1. The fourth-order valence-corrected chi connectivity index (χ4v) is 2.82. The molecule has 0 aliphatic carbocycles. The first-order valence-corrected chi connectivity index (χ1v) is 8.88. The summed E-state index contributed by atoms with van der Waals surface area (Å²) in [5, 5.41) is 5.34. The Morgan fingerprint density at radius 1 is 0.793 bits per heavy atom. The molecule has 0 bridgehead atoms. The lowest BCUT2D eigenvalue weighted by Gasteiger charge is -2.10. The molecule has 6 heteroatoms. The van der Waals surface area contributed by atoms with Gasteiger partial charge in [0, 0.05) is 0 Å². The van der Waals surface area contributed by atoms with Crippen LogP contribution in [0.2, 0.25) is 0 Å². The number of ether oxygens (including phenoxy) is 2. The van der Waals surface area contributed by atoms with E-state index in [1.54, 1.807) is 42.5 Å². The number of rotatable bonds is 5. The van der Waals surface area contributed by atoms with Crippen molar-refractivity contribution >= 4 is 30.0 Å². The number of para-hydroxylation sites is 2. The standard InChI is InChI=1S/C23H16N2O4/c26-16-28-22-21(23(27)25(24-22)18-7-3-1-4-8-18)15-17-11-13-20(14-12-17)29-19-9-5-2-6-10-19/h1-16H. The van der Waals surface area contributed by atoms with Crippen molar-refractivity contribution in [2.75, 3.05) is 5.01 Å². The van der Waals surface area contributed by atoms with E-state index in [1.807, 2.05) is 48.5 Å². The summed E-state index contributed by atoms with van der Waals surface area (Å²) in [6, 6.07) is 25.6. The van der Waals surface area contributed by atoms with E-state index in [4.69, 9.17) is 9.47 Å². The van der Waals surface area contributed by atoms with Gasteiger partial charge in [-0.1, -0.05) is 48.5 Å². The van der Waals surface area contributed by atoms with Gasteiger partial charge in [0.2, 0.25) is 0 Å². The highest BCUT2D eigenvalue weighted by Crippen LogP contribution is 2.26. The molecule has 0 saturated heterocycles. The first-order valence-electron chi connectivity index (χ1n) is 8.88. The number of nitrogens with zero attached hydrogens (tertiary/aromatic N) is 2. The molecule has 6 nitrogen and oxygen atoms in total. The number of carbonyl (C=O) groups is 2. The van der Waals surface area contributed by atoms with Crippen LogP contribution in [0.15, 0.2) is 95.6 Å². The van der Waals surface area contributed by atoms with Crippen LogP contribution < -0.4 is 9.75 Å². The highest BCUT2D eigenvalue weighted by atomic mass is 16.5. The molecule has 3 aromatic carbocycles. The molecule has 0 unspecified atom stereocenters. The van der Waals surface area contributed by atoms with Gasteiger partial charge in [-0.25, -0.2) is 0 Å². The molecule has 29 heavy (non-hydrogen) atoms. The van der Waals surface area contributed by atoms with Gasteiger partial charge >= 0.3 is 0 Å². The van der Waals surface area contributed by atoms with Crippen LogP contribution in [-0.2, 0) is 14.3 Å². The third kappa shape index (κ3) is 4.06. The number of carbonyl (C=O) groups excluding carboxylic acids is 2. The van der Waals surface area contributed by atoms with Crippen LogP contribution in [0.4, 0.5) is 5.69 Å². The van der Waals surface area contributed by atoms with E-state index in [0.29, 0.717) is 11.4 Å². The lowest BCUT2D eigenvalue weighted by atomic mass is 10.1. The number of benzene rings is 3. The summed E-state index contributed by atoms with van der Waals surface area (Å²) in [6.07, 6.45) is 1.62. The first kappa shape index (κ1) is 18.2. The molecular weight excluding hydrogens is 368 g/mol. The summed E-state index contributed by atoms with van der Waals surface area (Å²) in [4.78, 5) is 23.7. The maximum Gasteiger partial charge on any atom is 0.299 e. The van der Waals surface area contributed by atoms with E-state index in [2.05, 4.69) is 5.10 Å². The Morgan fingerprint density at radius 2 is 1.41 bits per heavy atom. The molecule has 0 fully saturated rings. The van der Waals surface area contributed by atoms with Crippen molar-refractivity contribution in [3.63, 3.8) is 0 Å². The molecule has 4 rings (SSSR count). The normalized spacial score (nSPS) is 14.6. The molecule has 142 valence electrons. The van der Waals surface area contributed by atoms with Crippen LogP contribution in [0.3, 0.4) is 0 Å². The van der Waals surface area contributed by atoms with E-state index >= 15 is 0 Å². The number of hydrogen-bond donors (Lipinski definition) is 0. The second-order valence-electron chi connectivity index (χ2n) is 6.11. The quantitative estimate of drug-likeness (QED) is 0.483. The predicted molar refractivity (Wildman–Crippen MR) is 109 cm³/mol. The lowest BCUT2D eigenvalue weighted by Crippen LogP contribution is -2.21. The minimum Gasteiger partial charge on any atom is -0.457 e. The van der Waals surface area contributed by atoms with E-state index in [-0.39, 0.29) is 23.9 Å². The summed E-state index contributed by atoms with van der Waals surface area (Å²) in [7, 11) is 0. The summed E-state index contributed by atoms with van der Waals surface area (Å²) in [6.45, 7) is 0.255. The first-order chi connectivity index (χ1) is 14.2. The van der Waals surface area contributed by atoms with E-state index in [1.165, 1.54) is 5.01 Å². The topological polar surface area (TPSA) is 68.2 Å². The van der Waals surface area contributed by atoms with Crippen molar-refractivity contribution in [2.24, 2.45) is 5.10 Å². The monoisotopic (exact) mass is 384 g/mol. The average Bonchev–Trinajstić information content (AvgIpc) is 3.06. The van der Waals surface area contributed by atoms with Gasteiger partial charge in [0.1, 0.15) is 17.1 Å². The van der Waals surface area contributed by atoms with Crippen molar-refractivity contribution < 1.29 is 19.1 Å². The summed E-state index contributed by atoms with van der Waals surface area (Å²) >= 11 is 0. The summed E-state index contributed by atoms with van der Waals surface area (Å²) < 4.78 is 10.7. The van der Waals surface area contributed by atoms with Gasteiger partial charge in [0.25, 0.3) is 18.3 Å². The maximum absolute atomic E-state index is 12.8.